The molecule has 0 saturated carbocycles. The van der Waals surface area contributed by atoms with E-state index in [4.69, 9.17) is 14.2 Å². The summed E-state index contributed by atoms with van der Waals surface area (Å²) >= 11 is 0. The van der Waals surface area contributed by atoms with Crippen LogP contribution in [0.1, 0.15) is 32.3 Å². The molecule has 2 aromatic rings. The number of benzene rings is 2. The van der Waals surface area contributed by atoms with Crippen molar-refractivity contribution in [3.63, 3.8) is 0 Å². The average molecular weight is 547 g/mol. The fourth-order valence-electron chi connectivity index (χ4n) is 3.81. The van der Waals surface area contributed by atoms with E-state index in [9.17, 15) is 18.0 Å². The van der Waals surface area contributed by atoms with Gasteiger partial charge < -0.3 is 19.5 Å². The molecule has 11 nitrogen and oxygen atoms in total. The van der Waals surface area contributed by atoms with Crippen LogP contribution >= 0.6 is 0 Å². The maximum absolute atomic E-state index is 12.7. The Labute approximate surface area is 223 Å². The van der Waals surface area contributed by atoms with Gasteiger partial charge >= 0.3 is 0 Å². The Morgan fingerprint density at radius 3 is 2.39 bits per heavy atom. The number of nitrogens with one attached hydrogen (secondary N) is 2. The van der Waals surface area contributed by atoms with E-state index in [1.165, 1.54) is 13.1 Å². The Hall–Kier alpha value is -3.64. The highest BCUT2D eigenvalue weighted by molar-refractivity contribution is 7.92. The largest absolute Gasteiger partial charge is 0.494 e. The highest BCUT2D eigenvalue weighted by atomic mass is 32.2. The second-order valence-electron chi connectivity index (χ2n) is 8.69. The topological polar surface area (TPSA) is 136 Å². The van der Waals surface area contributed by atoms with Crippen molar-refractivity contribution >= 4 is 33.7 Å². The summed E-state index contributed by atoms with van der Waals surface area (Å²) in [5, 5.41) is 6.73. The predicted molar refractivity (Wildman–Crippen MR) is 144 cm³/mol. The first kappa shape index (κ1) is 28.9. The van der Waals surface area contributed by atoms with E-state index < -0.39 is 22.0 Å². The summed E-state index contributed by atoms with van der Waals surface area (Å²) in [5.74, 6) is 0.276. The van der Waals surface area contributed by atoms with Crippen LogP contribution in [0, 0.1) is 0 Å². The maximum atomic E-state index is 12.7. The molecule has 0 radical (unpaired) electrons. The van der Waals surface area contributed by atoms with E-state index in [1.54, 1.807) is 48.5 Å². The molecule has 3 rings (SSSR count). The number of ether oxygens (including phenoxy) is 3. The van der Waals surface area contributed by atoms with Gasteiger partial charge in [-0.1, -0.05) is 0 Å². The lowest BCUT2D eigenvalue weighted by molar-refractivity contribution is -0.123. The third-order valence-corrected chi connectivity index (χ3v) is 6.92. The van der Waals surface area contributed by atoms with Gasteiger partial charge in [-0.25, -0.2) is 13.8 Å². The van der Waals surface area contributed by atoms with E-state index in [0.717, 1.165) is 30.0 Å². The molecule has 1 aliphatic heterocycles. The van der Waals surface area contributed by atoms with Crippen molar-refractivity contribution in [1.29, 1.82) is 0 Å². The van der Waals surface area contributed by atoms with Crippen LogP contribution in [0.15, 0.2) is 53.6 Å². The molecule has 0 bridgehead atoms. The smallest absolute Gasteiger partial charge is 0.263 e. The van der Waals surface area contributed by atoms with Crippen LogP contribution in [0.3, 0.4) is 0 Å². The summed E-state index contributed by atoms with van der Waals surface area (Å²) < 4.78 is 42.3. The Bertz CT molecular complexity index is 1200. The van der Waals surface area contributed by atoms with Gasteiger partial charge in [-0.05, 0) is 80.8 Å². The molecule has 0 unspecified atom stereocenters. The number of amides is 2. The zero-order chi connectivity index (χ0) is 27.5. The molecule has 2 amide bonds. The van der Waals surface area contributed by atoms with Crippen LogP contribution in [0.2, 0.25) is 0 Å². The monoisotopic (exact) mass is 546 g/mol. The lowest BCUT2D eigenvalue weighted by atomic mass is 10.2. The molecular formula is C26H34N4O7S. The number of hydrogen-bond acceptors (Lipinski definition) is 8. The molecule has 2 aromatic carbocycles. The zero-order valence-corrected chi connectivity index (χ0v) is 22.6. The number of nitrogens with zero attached hydrogens (tertiary/aromatic N) is 2. The highest BCUT2D eigenvalue weighted by Crippen LogP contribution is 2.24. The van der Waals surface area contributed by atoms with Crippen LogP contribution in [0.25, 0.3) is 0 Å². The number of sulfonamides is 1. The summed E-state index contributed by atoms with van der Waals surface area (Å²) in [6.07, 6.45) is 4.49. The third-order valence-electron chi connectivity index (χ3n) is 5.68. The van der Waals surface area contributed by atoms with Crippen molar-refractivity contribution in [1.82, 2.24) is 10.7 Å². The van der Waals surface area contributed by atoms with Crippen LogP contribution < -0.4 is 24.5 Å². The minimum atomic E-state index is -3.76. The second kappa shape index (κ2) is 13.8. The third kappa shape index (κ3) is 8.73. The first-order chi connectivity index (χ1) is 18.2. The average Bonchev–Trinajstić information content (AvgIpc) is 3.41. The fraction of sp³-hybridized carbons (Fsp3) is 0.423. The van der Waals surface area contributed by atoms with Gasteiger partial charge in [0.1, 0.15) is 17.5 Å². The Balaban J connectivity index is 1.50. The fourth-order valence-corrected chi connectivity index (χ4v) is 4.99. The van der Waals surface area contributed by atoms with Gasteiger partial charge in [0, 0.05) is 13.2 Å². The molecule has 1 saturated heterocycles. The van der Waals surface area contributed by atoms with Gasteiger partial charge in [0.25, 0.3) is 11.8 Å². The van der Waals surface area contributed by atoms with Gasteiger partial charge in [0.2, 0.25) is 10.0 Å². The first-order valence-electron chi connectivity index (χ1n) is 12.3. The van der Waals surface area contributed by atoms with Gasteiger partial charge in [-0.15, -0.1) is 0 Å². The lowest BCUT2D eigenvalue weighted by Crippen LogP contribution is -2.46. The zero-order valence-electron chi connectivity index (χ0n) is 21.8. The number of carbonyl (C=O) groups is 2. The summed E-state index contributed by atoms with van der Waals surface area (Å²) in [7, 11) is -3.76. The number of carbonyl (C=O) groups excluding carboxylic acids is 2. The summed E-state index contributed by atoms with van der Waals surface area (Å²) in [6, 6.07) is 12.2. The van der Waals surface area contributed by atoms with Crippen LogP contribution in [-0.2, 0) is 24.3 Å². The van der Waals surface area contributed by atoms with Gasteiger partial charge in [-0.3, -0.25) is 13.9 Å². The molecule has 206 valence electrons. The lowest BCUT2D eigenvalue weighted by Gasteiger charge is -2.27. The van der Waals surface area contributed by atoms with Crippen molar-refractivity contribution in [3.8, 4) is 11.5 Å². The number of rotatable bonds is 13. The summed E-state index contributed by atoms with van der Waals surface area (Å²) in [5.41, 5.74) is 3.38. The first-order valence-corrected chi connectivity index (χ1v) is 14.2. The van der Waals surface area contributed by atoms with E-state index in [1.807, 2.05) is 6.92 Å². The van der Waals surface area contributed by atoms with Crippen molar-refractivity contribution in [2.24, 2.45) is 5.10 Å². The minimum Gasteiger partial charge on any atom is -0.494 e. The highest BCUT2D eigenvalue weighted by Gasteiger charge is 2.29. The Morgan fingerprint density at radius 1 is 1.13 bits per heavy atom. The van der Waals surface area contributed by atoms with Crippen LogP contribution in [-0.4, -0.2) is 71.2 Å². The Kier molecular flexibility index (Phi) is 10.5. The molecule has 0 aliphatic carbocycles. The SMILES string of the molecule is CCOc1ccc(N([C@@H](C)C(=O)N/N=C\c2ccc(OCC(=O)NC[C@@H]3CCCO3)cc2)S(C)(=O)=O)cc1. The molecule has 1 heterocycles. The number of hydrogen-bond donors (Lipinski definition) is 2. The molecule has 0 spiro atoms. The van der Waals surface area contributed by atoms with E-state index in [-0.39, 0.29) is 18.6 Å². The molecule has 2 N–H and O–H groups in total. The minimum absolute atomic E-state index is 0.0719. The summed E-state index contributed by atoms with van der Waals surface area (Å²) in [4.78, 5) is 24.6. The summed E-state index contributed by atoms with van der Waals surface area (Å²) in [6.45, 7) is 4.91. The molecule has 0 aromatic heterocycles. The van der Waals surface area contributed by atoms with Crippen molar-refractivity contribution in [3.05, 3.63) is 54.1 Å². The van der Waals surface area contributed by atoms with Gasteiger partial charge in [0.05, 0.1) is 30.9 Å². The standard InChI is InChI=1S/C26H34N4O7S/c1-4-35-22-13-9-21(10-14-22)30(38(3,33)34)19(2)26(32)29-28-16-20-7-11-23(12-8-20)37-18-25(31)27-17-24-6-5-15-36-24/h7-14,16,19,24H,4-6,15,17-18H2,1-3H3,(H,27,31)(H,29,32)/b28-16-/t19-,24-/m0/s1. The second-order valence-corrected chi connectivity index (χ2v) is 10.6. The molecular weight excluding hydrogens is 512 g/mol. The molecule has 38 heavy (non-hydrogen) atoms. The van der Waals surface area contributed by atoms with Gasteiger partial charge in [-0.2, -0.15) is 5.10 Å². The number of hydrazone groups is 1. The van der Waals surface area contributed by atoms with E-state index in [2.05, 4.69) is 15.8 Å². The normalized spacial score (nSPS) is 16.1. The maximum Gasteiger partial charge on any atom is 0.263 e. The Morgan fingerprint density at radius 2 is 1.79 bits per heavy atom. The van der Waals surface area contributed by atoms with Crippen molar-refractivity contribution in [2.75, 3.05) is 36.9 Å². The quantitative estimate of drug-likeness (QED) is 0.290. The van der Waals surface area contributed by atoms with Crippen molar-refractivity contribution < 1.29 is 32.2 Å². The van der Waals surface area contributed by atoms with Gasteiger partial charge in [0.15, 0.2) is 6.61 Å². The van der Waals surface area contributed by atoms with Crippen LogP contribution in [0.5, 0.6) is 11.5 Å². The number of anilines is 1. The van der Waals surface area contributed by atoms with E-state index in [0.29, 0.717) is 35.9 Å². The molecule has 2 atom stereocenters. The predicted octanol–water partition coefficient (Wildman–Crippen LogP) is 2.06. The van der Waals surface area contributed by atoms with Crippen molar-refractivity contribution in [2.45, 2.75) is 38.8 Å². The molecule has 12 heteroatoms. The molecule has 1 fully saturated rings. The van der Waals surface area contributed by atoms with E-state index >= 15 is 0 Å². The molecule has 1 aliphatic rings. The van der Waals surface area contributed by atoms with Crippen LogP contribution in [0.4, 0.5) is 5.69 Å².